The largest absolute Gasteiger partial charge is 0.493 e. The van der Waals surface area contributed by atoms with Crippen LogP contribution in [0.1, 0.15) is 16.7 Å². The van der Waals surface area contributed by atoms with Crippen molar-refractivity contribution >= 4 is 44.8 Å². The number of primary sulfonamides is 1. The Hall–Kier alpha value is -2.00. The van der Waals surface area contributed by atoms with E-state index < -0.39 is 10.0 Å². The molecule has 6 nitrogen and oxygen atoms in total. The molecule has 3 aromatic carbocycles. The van der Waals surface area contributed by atoms with Crippen LogP contribution in [-0.4, -0.2) is 22.1 Å². The molecule has 0 aliphatic heterocycles. The average Bonchev–Trinajstić information content (AvgIpc) is 2.76. The van der Waals surface area contributed by atoms with E-state index in [2.05, 4.69) is 5.32 Å². The molecule has 0 saturated heterocycles. The molecule has 0 heterocycles. The van der Waals surface area contributed by atoms with Crippen LogP contribution in [0.4, 0.5) is 0 Å². The van der Waals surface area contributed by atoms with Crippen LogP contribution in [0.2, 0.25) is 15.1 Å². The summed E-state index contributed by atoms with van der Waals surface area (Å²) in [6, 6.07) is 15.4. The lowest BCUT2D eigenvalue weighted by Gasteiger charge is -2.15. The Bertz CT molecular complexity index is 1220. The minimum atomic E-state index is -3.68. The fraction of sp³-hybridized carbons (Fsp3) is 0.217. The fourth-order valence-electron chi connectivity index (χ4n) is 3.12. The van der Waals surface area contributed by atoms with Gasteiger partial charge < -0.3 is 14.8 Å². The Balaban J connectivity index is 1.57. The Morgan fingerprint density at radius 1 is 0.939 bits per heavy atom. The first kappa shape index (κ1) is 25.6. The van der Waals surface area contributed by atoms with Gasteiger partial charge in [0.2, 0.25) is 10.0 Å². The van der Waals surface area contributed by atoms with E-state index in [0.29, 0.717) is 39.7 Å². The first-order valence-electron chi connectivity index (χ1n) is 9.93. The van der Waals surface area contributed by atoms with Crippen LogP contribution in [-0.2, 0) is 29.6 Å². The maximum atomic E-state index is 11.3. The Labute approximate surface area is 208 Å². The van der Waals surface area contributed by atoms with Crippen molar-refractivity contribution in [3.05, 3.63) is 86.4 Å². The van der Waals surface area contributed by atoms with Crippen molar-refractivity contribution in [1.82, 2.24) is 5.32 Å². The molecule has 0 saturated carbocycles. The summed E-state index contributed by atoms with van der Waals surface area (Å²) in [6.07, 6.45) is 0.721. The van der Waals surface area contributed by atoms with Gasteiger partial charge in [-0.05, 0) is 60.5 Å². The maximum absolute atomic E-state index is 11.3. The van der Waals surface area contributed by atoms with Crippen molar-refractivity contribution in [2.24, 2.45) is 5.14 Å². The molecule has 0 atom stereocenters. The van der Waals surface area contributed by atoms with Crippen LogP contribution in [0.15, 0.2) is 59.5 Å². The second-order valence-electron chi connectivity index (χ2n) is 7.25. The molecule has 10 heteroatoms. The van der Waals surface area contributed by atoms with Crippen molar-refractivity contribution in [3.63, 3.8) is 0 Å². The topological polar surface area (TPSA) is 90.6 Å². The molecule has 0 bridgehead atoms. The van der Waals surface area contributed by atoms with E-state index in [4.69, 9.17) is 49.4 Å². The SMILES string of the molecule is COc1cc(CNCCc2ccc(S(N)(=O)=O)cc2)cc(Cl)c1OCc1ccc(Cl)cc1Cl. The molecule has 3 aromatic rings. The lowest BCUT2D eigenvalue weighted by atomic mass is 10.1. The summed E-state index contributed by atoms with van der Waals surface area (Å²) in [5.41, 5.74) is 2.70. The lowest BCUT2D eigenvalue weighted by molar-refractivity contribution is 0.284. The van der Waals surface area contributed by atoms with Gasteiger partial charge in [-0.15, -0.1) is 0 Å². The van der Waals surface area contributed by atoms with Gasteiger partial charge in [-0.2, -0.15) is 0 Å². The minimum Gasteiger partial charge on any atom is -0.493 e. The third-order valence-corrected chi connectivity index (χ3v) is 6.64. The number of benzene rings is 3. The van der Waals surface area contributed by atoms with Gasteiger partial charge in [0.1, 0.15) is 6.61 Å². The highest BCUT2D eigenvalue weighted by Crippen LogP contribution is 2.37. The van der Waals surface area contributed by atoms with Crippen molar-refractivity contribution in [3.8, 4) is 11.5 Å². The van der Waals surface area contributed by atoms with Crippen molar-refractivity contribution in [2.45, 2.75) is 24.5 Å². The number of halogens is 3. The minimum absolute atomic E-state index is 0.0987. The van der Waals surface area contributed by atoms with Gasteiger partial charge in [0.05, 0.1) is 17.0 Å². The number of hydrogen-bond acceptors (Lipinski definition) is 5. The fourth-order valence-corrected chi connectivity index (χ4v) is 4.38. The molecule has 176 valence electrons. The number of rotatable bonds is 10. The zero-order valence-electron chi connectivity index (χ0n) is 17.8. The van der Waals surface area contributed by atoms with E-state index >= 15 is 0 Å². The van der Waals surface area contributed by atoms with Gasteiger partial charge in [-0.25, -0.2) is 13.6 Å². The summed E-state index contributed by atoms with van der Waals surface area (Å²) >= 11 is 18.6. The van der Waals surface area contributed by atoms with Crippen LogP contribution in [0.3, 0.4) is 0 Å². The number of ether oxygens (including phenoxy) is 2. The van der Waals surface area contributed by atoms with Crippen LogP contribution in [0, 0.1) is 0 Å². The quantitative estimate of drug-likeness (QED) is 0.352. The van der Waals surface area contributed by atoms with Gasteiger partial charge in [-0.3, -0.25) is 0 Å². The summed E-state index contributed by atoms with van der Waals surface area (Å²) in [5.74, 6) is 0.951. The summed E-state index contributed by atoms with van der Waals surface area (Å²) in [7, 11) is -2.13. The molecule has 0 amide bonds. The van der Waals surface area contributed by atoms with E-state index in [-0.39, 0.29) is 11.5 Å². The molecule has 0 aromatic heterocycles. The van der Waals surface area contributed by atoms with E-state index in [1.807, 2.05) is 12.1 Å². The van der Waals surface area contributed by atoms with Crippen molar-refractivity contribution < 1.29 is 17.9 Å². The van der Waals surface area contributed by atoms with E-state index in [1.165, 1.54) is 12.1 Å². The van der Waals surface area contributed by atoms with Gasteiger partial charge in [0.25, 0.3) is 0 Å². The monoisotopic (exact) mass is 528 g/mol. The summed E-state index contributed by atoms with van der Waals surface area (Å²) in [6.45, 7) is 1.46. The second-order valence-corrected chi connectivity index (χ2v) is 10.1. The van der Waals surface area contributed by atoms with Crippen LogP contribution >= 0.6 is 34.8 Å². The first-order chi connectivity index (χ1) is 15.7. The van der Waals surface area contributed by atoms with Crippen molar-refractivity contribution in [1.29, 1.82) is 0 Å². The van der Waals surface area contributed by atoms with Crippen LogP contribution in [0.25, 0.3) is 0 Å². The highest BCUT2D eigenvalue weighted by atomic mass is 35.5. The molecule has 33 heavy (non-hydrogen) atoms. The summed E-state index contributed by atoms with van der Waals surface area (Å²) in [4.78, 5) is 0.0987. The second kappa shape index (κ2) is 11.4. The molecule has 0 fully saturated rings. The molecule has 3 N–H and O–H groups in total. The van der Waals surface area contributed by atoms with E-state index in [1.54, 1.807) is 37.4 Å². The predicted molar refractivity (Wildman–Crippen MR) is 132 cm³/mol. The normalized spacial score (nSPS) is 11.4. The summed E-state index contributed by atoms with van der Waals surface area (Å²) in [5, 5.41) is 9.94. The molecule has 0 aliphatic rings. The molecule has 0 radical (unpaired) electrons. The Morgan fingerprint density at radius 3 is 2.30 bits per heavy atom. The number of hydrogen-bond donors (Lipinski definition) is 2. The van der Waals surface area contributed by atoms with Crippen LogP contribution < -0.4 is 19.9 Å². The van der Waals surface area contributed by atoms with Crippen LogP contribution in [0.5, 0.6) is 11.5 Å². The lowest BCUT2D eigenvalue weighted by Crippen LogP contribution is -2.17. The highest BCUT2D eigenvalue weighted by molar-refractivity contribution is 7.89. The Morgan fingerprint density at radius 2 is 1.67 bits per heavy atom. The number of nitrogens with one attached hydrogen (secondary N) is 1. The number of sulfonamides is 1. The van der Waals surface area contributed by atoms with Gasteiger partial charge >= 0.3 is 0 Å². The highest BCUT2D eigenvalue weighted by Gasteiger charge is 2.13. The first-order valence-corrected chi connectivity index (χ1v) is 12.6. The van der Waals surface area contributed by atoms with Crippen molar-refractivity contribution in [2.75, 3.05) is 13.7 Å². The average molecular weight is 530 g/mol. The molecule has 0 unspecified atom stereocenters. The van der Waals surface area contributed by atoms with Gasteiger partial charge in [-0.1, -0.05) is 53.0 Å². The standard InChI is InChI=1S/C23H23Cl3N2O4S/c1-31-22-11-16(13-28-9-8-15-2-6-19(7-3-15)33(27,29)30)10-21(26)23(22)32-14-17-4-5-18(24)12-20(17)25/h2-7,10-12,28H,8-9,13-14H2,1H3,(H2,27,29,30). The smallest absolute Gasteiger partial charge is 0.238 e. The number of methoxy groups -OCH3 is 1. The molecular formula is C23H23Cl3N2O4S. The Kier molecular flexibility index (Phi) is 8.87. The molecule has 0 aliphatic carbocycles. The van der Waals surface area contributed by atoms with E-state index in [9.17, 15) is 8.42 Å². The van der Waals surface area contributed by atoms with E-state index in [0.717, 1.165) is 23.1 Å². The molecule has 0 spiro atoms. The zero-order valence-corrected chi connectivity index (χ0v) is 20.9. The molecular weight excluding hydrogens is 507 g/mol. The van der Waals surface area contributed by atoms with Gasteiger partial charge in [0.15, 0.2) is 11.5 Å². The molecule has 3 rings (SSSR count). The summed E-state index contributed by atoms with van der Waals surface area (Å²) < 4.78 is 34.0. The van der Waals surface area contributed by atoms with Gasteiger partial charge in [0, 0.05) is 22.2 Å². The predicted octanol–water partition coefficient (Wildman–Crippen LogP) is 5.21. The zero-order chi connectivity index (χ0) is 24.0. The third kappa shape index (κ3) is 7.24. The third-order valence-electron chi connectivity index (χ3n) is 4.85. The number of nitrogens with two attached hydrogens (primary N) is 1. The maximum Gasteiger partial charge on any atom is 0.238 e.